The lowest BCUT2D eigenvalue weighted by Gasteiger charge is -2.52. The summed E-state index contributed by atoms with van der Waals surface area (Å²) in [6, 6.07) is 0.222. The lowest BCUT2D eigenvalue weighted by molar-refractivity contribution is -0.148. The normalized spacial score (nSPS) is 27.7. The van der Waals surface area contributed by atoms with Gasteiger partial charge in [-0.1, -0.05) is 20.8 Å². The molecule has 2 saturated heterocycles. The van der Waals surface area contributed by atoms with Gasteiger partial charge in [-0.2, -0.15) is 0 Å². The quantitative estimate of drug-likeness (QED) is 0.767. The summed E-state index contributed by atoms with van der Waals surface area (Å²) in [6.07, 6.45) is 2.56. The van der Waals surface area contributed by atoms with E-state index < -0.39 is 5.60 Å². The Kier molecular flexibility index (Phi) is 6.59. The minimum absolute atomic E-state index is 0.0593. The smallest absolute Gasteiger partial charge is 0.410 e. The SMILES string of the molecule is CC[C@H]1CN2[C@@H](CN(C)C(=O)[C@@H]2CCC(C)C)CN1C(=O)OC(C)(C)C. The number of hydrogen-bond donors (Lipinski definition) is 0. The molecule has 3 atom stereocenters. The molecule has 0 radical (unpaired) electrons. The van der Waals surface area contributed by atoms with Crippen LogP contribution in [0, 0.1) is 5.92 Å². The number of likely N-dealkylation sites (N-methyl/N-ethyl adjacent to an activating group) is 1. The number of carbonyl (C=O) groups is 2. The molecule has 2 fully saturated rings. The Hall–Kier alpha value is -1.30. The minimum Gasteiger partial charge on any atom is -0.444 e. The number of amides is 2. The molecule has 0 aliphatic carbocycles. The first-order valence-corrected chi connectivity index (χ1v) is 10.0. The molecule has 6 nitrogen and oxygen atoms in total. The summed E-state index contributed by atoms with van der Waals surface area (Å²) in [7, 11) is 1.88. The van der Waals surface area contributed by atoms with Crippen LogP contribution in [0.15, 0.2) is 0 Å². The van der Waals surface area contributed by atoms with Crippen molar-refractivity contribution in [2.75, 3.05) is 26.7 Å². The average Bonchev–Trinajstić information content (AvgIpc) is 2.52. The van der Waals surface area contributed by atoms with Gasteiger partial charge < -0.3 is 14.5 Å². The van der Waals surface area contributed by atoms with Gasteiger partial charge in [-0.3, -0.25) is 9.69 Å². The fraction of sp³-hybridized carbons (Fsp3) is 0.900. The van der Waals surface area contributed by atoms with Gasteiger partial charge in [0.05, 0.1) is 6.04 Å². The Bertz CT molecular complexity index is 515. The zero-order valence-corrected chi connectivity index (χ0v) is 17.6. The predicted octanol–water partition coefficient (Wildman–Crippen LogP) is 2.96. The monoisotopic (exact) mass is 367 g/mol. The summed E-state index contributed by atoms with van der Waals surface area (Å²) in [5.74, 6) is 0.806. The fourth-order valence-corrected chi connectivity index (χ4v) is 3.99. The fourth-order valence-electron chi connectivity index (χ4n) is 3.99. The summed E-state index contributed by atoms with van der Waals surface area (Å²) in [4.78, 5) is 31.6. The van der Waals surface area contributed by atoms with E-state index in [2.05, 4.69) is 25.7 Å². The van der Waals surface area contributed by atoms with Crippen molar-refractivity contribution in [1.29, 1.82) is 0 Å². The van der Waals surface area contributed by atoms with Crippen LogP contribution in [-0.4, -0.2) is 77.1 Å². The van der Waals surface area contributed by atoms with Crippen molar-refractivity contribution in [3.63, 3.8) is 0 Å². The molecule has 2 aliphatic heterocycles. The number of ether oxygens (including phenoxy) is 1. The van der Waals surface area contributed by atoms with Crippen LogP contribution < -0.4 is 0 Å². The molecule has 0 spiro atoms. The number of nitrogens with zero attached hydrogens (tertiary/aromatic N) is 3. The Morgan fingerprint density at radius 1 is 1.23 bits per heavy atom. The van der Waals surface area contributed by atoms with Gasteiger partial charge in [0.2, 0.25) is 5.91 Å². The van der Waals surface area contributed by atoms with E-state index in [9.17, 15) is 9.59 Å². The first-order valence-electron chi connectivity index (χ1n) is 10.0. The van der Waals surface area contributed by atoms with Gasteiger partial charge in [-0.25, -0.2) is 4.79 Å². The van der Waals surface area contributed by atoms with E-state index in [0.717, 1.165) is 25.8 Å². The number of carbonyl (C=O) groups excluding carboxylic acids is 2. The van der Waals surface area contributed by atoms with Crippen LogP contribution in [0.3, 0.4) is 0 Å². The maximum Gasteiger partial charge on any atom is 0.410 e. The standard InChI is InChI=1S/C20H37N3O3/c1-8-15-12-22-16(13-23(15)19(25)26-20(4,5)6)11-21(7)18(24)17(22)10-9-14(2)3/h14-17H,8-13H2,1-7H3/t15-,16-,17-/m0/s1. The van der Waals surface area contributed by atoms with Crippen molar-refractivity contribution in [3.05, 3.63) is 0 Å². The largest absolute Gasteiger partial charge is 0.444 e. The number of piperazine rings is 2. The summed E-state index contributed by atoms with van der Waals surface area (Å²) < 4.78 is 5.63. The van der Waals surface area contributed by atoms with E-state index in [0.29, 0.717) is 19.0 Å². The van der Waals surface area contributed by atoms with Gasteiger partial charge in [0.15, 0.2) is 0 Å². The van der Waals surface area contributed by atoms with Crippen LogP contribution in [0.5, 0.6) is 0 Å². The maximum absolute atomic E-state index is 12.8. The van der Waals surface area contributed by atoms with E-state index in [1.807, 2.05) is 37.6 Å². The Morgan fingerprint density at radius 3 is 2.42 bits per heavy atom. The third-order valence-electron chi connectivity index (χ3n) is 5.40. The van der Waals surface area contributed by atoms with Crippen LogP contribution in [0.2, 0.25) is 0 Å². The van der Waals surface area contributed by atoms with Crippen molar-refractivity contribution >= 4 is 12.0 Å². The minimum atomic E-state index is -0.494. The molecular weight excluding hydrogens is 330 g/mol. The Balaban J connectivity index is 2.17. The molecule has 0 unspecified atom stereocenters. The van der Waals surface area contributed by atoms with Gasteiger partial charge in [-0.15, -0.1) is 0 Å². The molecule has 150 valence electrons. The molecule has 26 heavy (non-hydrogen) atoms. The molecule has 0 N–H and O–H groups in total. The van der Waals surface area contributed by atoms with Crippen molar-refractivity contribution < 1.29 is 14.3 Å². The molecule has 0 aromatic heterocycles. The van der Waals surface area contributed by atoms with Crippen molar-refractivity contribution in [2.24, 2.45) is 5.92 Å². The zero-order valence-electron chi connectivity index (χ0n) is 17.6. The molecule has 0 saturated carbocycles. The Labute approximate surface area is 158 Å². The van der Waals surface area contributed by atoms with Gasteiger partial charge in [-0.05, 0) is 46.0 Å². The maximum atomic E-state index is 12.8. The van der Waals surface area contributed by atoms with Crippen molar-refractivity contribution in [1.82, 2.24) is 14.7 Å². The van der Waals surface area contributed by atoms with Gasteiger partial charge in [0.25, 0.3) is 0 Å². The molecule has 2 amide bonds. The van der Waals surface area contributed by atoms with E-state index in [1.165, 1.54) is 0 Å². The Morgan fingerprint density at radius 2 is 1.88 bits per heavy atom. The first-order chi connectivity index (χ1) is 12.0. The molecule has 2 heterocycles. The van der Waals surface area contributed by atoms with E-state index in [1.54, 1.807) is 0 Å². The van der Waals surface area contributed by atoms with Crippen LogP contribution in [0.4, 0.5) is 4.79 Å². The molecule has 0 aromatic carbocycles. The van der Waals surface area contributed by atoms with Gasteiger partial charge >= 0.3 is 6.09 Å². The zero-order chi connectivity index (χ0) is 19.6. The van der Waals surface area contributed by atoms with Crippen LogP contribution in [-0.2, 0) is 9.53 Å². The van der Waals surface area contributed by atoms with Crippen molar-refractivity contribution in [3.8, 4) is 0 Å². The second-order valence-electron chi connectivity index (χ2n) is 9.25. The van der Waals surface area contributed by atoms with E-state index in [-0.39, 0.29) is 30.1 Å². The highest BCUT2D eigenvalue weighted by atomic mass is 16.6. The molecule has 2 rings (SSSR count). The average molecular weight is 368 g/mol. The molecule has 6 heteroatoms. The van der Waals surface area contributed by atoms with Crippen molar-refractivity contribution in [2.45, 2.75) is 84.5 Å². The number of hydrogen-bond acceptors (Lipinski definition) is 4. The van der Waals surface area contributed by atoms with Crippen LogP contribution >= 0.6 is 0 Å². The molecule has 2 aliphatic rings. The van der Waals surface area contributed by atoms with Gasteiger partial charge in [0.1, 0.15) is 5.60 Å². The summed E-state index contributed by atoms with van der Waals surface area (Å²) in [6.45, 7) is 14.3. The first kappa shape index (κ1) is 21.0. The second kappa shape index (κ2) is 8.15. The lowest BCUT2D eigenvalue weighted by Crippen LogP contribution is -2.70. The summed E-state index contributed by atoms with van der Waals surface area (Å²) >= 11 is 0. The highest BCUT2D eigenvalue weighted by Crippen LogP contribution is 2.29. The highest BCUT2D eigenvalue weighted by molar-refractivity contribution is 5.82. The number of fused-ring (bicyclic) bond motifs is 1. The van der Waals surface area contributed by atoms with Crippen LogP contribution in [0.1, 0.15) is 60.8 Å². The third kappa shape index (κ3) is 4.90. The highest BCUT2D eigenvalue weighted by Gasteiger charge is 2.45. The molecular formula is C20H37N3O3. The molecule has 0 aromatic rings. The number of rotatable bonds is 4. The van der Waals surface area contributed by atoms with E-state index in [4.69, 9.17) is 4.74 Å². The molecule has 0 bridgehead atoms. The predicted molar refractivity (Wildman–Crippen MR) is 103 cm³/mol. The second-order valence-corrected chi connectivity index (χ2v) is 9.25. The van der Waals surface area contributed by atoms with Crippen LogP contribution in [0.25, 0.3) is 0 Å². The van der Waals surface area contributed by atoms with Gasteiger partial charge in [0, 0.05) is 38.8 Å². The van der Waals surface area contributed by atoms with E-state index >= 15 is 0 Å². The third-order valence-corrected chi connectivity index (χ3v) is 5.40. The summed E-state index contributed by atoms with van der Waals surface area (Å²) in [5.41, 5.74) is -0.494. The topological polar surface area (TPSA) is 53.1 Å². The summed E-state index contributed by atoms with van der Waals surface area (Å²) in [5, 5.41) is 0. The lowest BCUT2D eigenvalue weighted by atomic mass is 9.93.